The lowest BCUT2D eigenvalue weighted by Gasteiger charge is -2.18. The lowest BCUT2D eigenvalue weighted by Crippen LogP contribution is -2.96. The Balaban J connectivity index is 1.83. The smallest absolute Gasteiger partial charge is 0.282 e. The van der Waals surface area contributed by atoms with E-state index in [-0.39, 0.29) is 11.9 Å². The second-order valence-corrected chi connectivity index (χ2v) is 6.27. The van der Waals surface area contributed by atoms with Crippen molar-refractivity contribution in [2.24, 2.45) is 0 Å². The van der Waals surface area contributed by atoms with Gasteiger partial charge in [-0.05, 0) is 56.7 Å². The fraction of sp³-hybridized carbons (Fsp3) is 0.611. The quantitative estimate of drug-likeness (QED) is 0.804. The highest BCUT2D eigenvalue weighted by Gasteiger charge is 2.22. The van der Waals surface area contributed by atoms with Crippen LogP contribution in [0.4, 0.5) is 5.69 Å². The highest BCUT2D eigenvalue weighted by Crippen LogP contribution is 2.15. The molecular formula is C18H29N2O+. The predicted molar refractivity (Wildman–Crippen MR) is 87.3 cm³/mol. The summed E-state index contributed by atoms with van der Waals surface area (Å²) < 4.78 is 0. The Morgan fingerprint density at radius 2 is 1.81 bits per heavy atom. The van der Waals surface area contributed by atoms with E-state index in [1.165, 1.54) is 44.1 Å². The molecule has 2 rings (SSSR count). The summed E-state index contributed by atoms with van der Waals surface area (Å²) in [4.78, 5) is 12.3. The van der Waals surface area contributed by atoms with Crippen LogP contribution >= 0.6 is 0 Å². The van der Waals surface area contributed by atoms with Crippen LogP contribution in [0.3, 0.4) is 0 Å². The third-order valence-corrected chi connectivity index (χ3v) is 4.50. The molecule has 0 bridgehead atoms. The Hall–Kier alpha value is -1.35. The maximum Gasteiger partial charge on any atom is 0.282 e. The van der Waals surface area contributed by atoms with Crippen molar-refractivity contribution in [1.29, 1.82) is 0 Å². The Labute approximate surface area is 128 Å². The molecule has 0 spiro atoms. The lowest BCUT2D eigenvalue weighted by molar-refractivity contribution is -0.707. The number of benzene rings is 1. The molecule has 1 saturated carbocycles. The number of amides is 1. The Morgan fingerprint density at radius 3 is 2.38 bits per heavy atom. The monoisotopic (exact) mass is 289 g/mol. The lowest BCUT2D eigenvalue weighted by atomic mass is 10.1. The number of hydrogen-bond donors (Lipinski definition) is 2. The number of hydrogen-bond acceptors (Lipinski definition) is 1. The number of anilines is 1. The number of rotatable bonds is 5. The molecule has 0 aliphatic heterocycles. The molecule has 0 radical (unpaired) electrons. The first-order valence-corrected chi connectivity index (χ1v) is 8.44. The van der Waals surface area contributed by atoms with Crippen molar-refractivity contribution in [2.45, 2.75) is 70.9 Å². The van der Waals surface area contributed by atoms with Crippen molar-refractivity contribution >= 4 is 11.6 Å². The number of aryl methyl sites for hydroxylation is 1. The Morgan fingerprint density at radius 1 is 1.19 bits per heavy atom. The largest absolute Gasteiger partial charge is 0.334 e. The number of carbonyl (C=O) groups excluding carboxylic acids is 1. The Bertz CT molecular complexity index is 433. The summed E-state index contributed by atoms with van der Waals surface area (Å²) in [6.45, 7) is 4.15. The number of nitrogens with one attached hydrogen (secondary N) is 1. The van der Waals surface area contributed by atoms with E-state index in [4.69, 9.17) is 0 Å². The first-order valence-electron chi connectivity index (χ1n) is 8.44. The van der Waals surface area contributed by atoms with Crippen molar-refractivity contribution < 1.29 is 10.1 Å². The van der Waals surface area contributed by atoms with E-state index < -0.39 is 0 Å². The molecule has 1 aromatic rings. The van der Waals surface area contributed by atoms with Crippen molar-refractivity contribution in [2.75, 3.05) is 5.32 Å². The van der Waals surface area contributed by atoms with Gasteiger partial charge in [-0.25, -0.2) is 0 Å². The van der Waals surface area contributed by atoms with Crippen molar-refractivity contribution in [3.8, 4) is 0 Å². The van der Waals surface area contributed by atoms with Gasteiger partial charge in [0.05, 0.1) is 6.04 Å². The standard InChI is InChI=1S/C18H28N2O/c1-3-15-10-12-17(13-11-15)20-18(21)14(2)19-16-8-6-4-5-7-9-16/h10-14,16,19H,3-9H2,1-2H3,(H,20,21)/p+1/t14-/m1/s1. The average molecular weight is 289 g/mol. The molecule has 0 unspecified atom stereocenters. The van der Waals surface area contributed by atoms with Gasteiger partial charge in [0, 0.05) is 5.69 Å². The molecular weight excluding hydrogens is 260 g/mol. The maximum atomic E-state index is 12.3. The first-order chi connectivity index (χ1) is 10.2. The summed E-state index contributed by atoms with van der Waals surface area (Å²) in [5, 5.41) is 5.29. The molecule has 1 aliphatic carbocycles. The summed E-state index contributed by atoms with van der Waals surface area (Å²) in [6.07, 6.45) is 8.87. The van der Waals surface area contributed by atoms with E-state index in [2.05, 4.69) is 29.7 Å². The van der Waals surface area contributed by atoms with Gasteiger partial charge in [0.2, 0.25) is 0 Å². The molecule has 1 amide bonds. The van der Waals surface area contributed by atoms with E-state index in [1.54, 1.807) is 0 Å². The molecule has 1 aromatic carbocycles. The average Bonchev–Trinajstić information content (AvgIpc) is 2.76. The van der Waals surface area contributed by atoms with Crippen molar-refractivity contribution in [3.63, 3.8) is 0 Å². The molecule has 1 fully saturated rings. The Kier molecular flexibility index (Phi) is 6.24. The van der Waals surface area contributed by atoms with Gasteiger partial charge in [0.15, 0.2) is 6.04 Å². The minimum absolute atomic E-state index is 0.0149. The molecule has 1 atom stereocenters. The van der Waals surface area contributed by atoms with Gasteiger partial charge in [0.1, 0.15) is 0 Å². The molecule has 21 heavy (non-hydrogen) atoms. The second kappa shape index (κ2) is 8.18. The zero-order valence-electron chi connectivity index (χ0n) is 13.4. The van der Waals surface area contributed by atoms with E-state index in [0.29, 0.717) is 6.04 Å². The van der Waals surface area contributed by atoms with Crippen LogP contribution in [0.15, 0.2) is 24.3 Å². The molecule has 0 heterocycles. The van der Waals surface area contributed by atoms with Gasteiger partial charge in [-0.1, -0.05) is 31.9 Å². The second-order valence-electron chi connectivity index (χ2n) is 6.27. The van der Waals surface area contributed by atoms with Crippen molar-refractivity contribution in [3.05, 3.63) is 29.8 Å². The van der Waals surface area contributed by atoms with E-state index in [0.717, 1.165) is 12.1 Å². The van der Waals surface area contributed by atoms with Gasteiger partial charge in [-0.3, -0.25) is 4.79 Å². The molecule has 116 valence electrons. The summed E-state index contributed by atoms with van der Waals surface area (Å²) in [5.74, 6) is 0.114. The number of quaternary nitrogens is 1. The van der Waals surface area contributed by atoms with Gasteiger partial charge in [-0.15, -0.1) is 0 Å². The van der Waals surface area contributed by atoms with E-state index in [1.807, 2.05) is 19.1 Å². The van der Waals surface area contributed by atoms with Gasteiger partial charge in [0.25, 0.3) is 5.91 Å². The highest BCUT2D eigenvalue weighted by atomic mass is 16.2. The zero-order chi connectivity index (χ0) is 15.1. The maximum absolute atomic E-state index is 12.3. The van der Waals surface area contributed by atoms with Crippen LogP contribution in [-0.4, -0.2) is 18.0 Å². The molecule has 0 saturated heterocycles. The molecule has 3 N–H and O–H groups in total. The normalized spacial score (nSPS) is 18.0. The first kappa shape index (κ1) is 16.0. The summed E-state index contributed by atoms with van der Waals surface area (Å²) >= 11 is 0. The van der Waals surface area contributed by atoms with Crippen LogP contribution < -0.4 is 10.6 Å². The van der Waals surface area contributed by atoms with Crippen LogP contribution in [0.2, 0.25) is 0 Å². The summed E-state index contributed by atoms with van der Waals surface area (Å²) in [5.41, 5.74) is 2.20. The zero-order valence-corrected chi connectivity index (χ0v) is 13.4. The molecule has 1 aliphatic rings. The number of carbonyl (C=O) groups is 1. The van der Waals surface area contributed by atoms with Crippen LogP contribution in [0.1, 0.15) is 57.9 Å². The molecule has 0 aromatic heterocycles. The van der Waals surface area contributed by atoms with Crippen LogP contribution in [0.25, 0.3) is 0 Å². The molecule has 3 nitrogen and oxygen atoms in total. The predicted octanol–water partition coefficient (Wildman–Crippen LogP) is 2.86. The minimum atomic E-state index is -0.0149. The summed E-state index contributed by atoms with van der Waals surface area (Å²) in [7, 11) is 0. The minimum Gasteiger partial charge on any atom is -0.334 e. The molecule has 3 heteroatoms. The van der Waals surface area contributed by atoms with Crippen LogP contribution in [-0.2, 0) is 11.2 Å². The topological polar surface area (TPSA) is 45.7 Å². The number of nitrogens with two attached hydrogens (primary N) is 1. The third kappa shape index (κ3) is 5.16. The SMILES string of the molecule is CCc1ccc(NC(=O)[C@@H](C)[NH2+]C2CCCCCC2)cc1. The van der Waals surface area contributed by atoms with Crippen LogP contribution in [0, 0.1) is 0 Å². The van der Waals surface area contributed by atoms with Gasteiger partial charge >= 0.3 is 0 Å². The fourth-order valence-electron chi connectivity index (χ4n) is 3.08. The fourth-order valence-corrected chi connectivity index (χ4v) is 3.08. The van der Waals surface area contributed by atoms with Gasteiger partial charge in [-0.2, -0.15) is 0 Å². The van der Waals surface area contributed by atoms with Crippen molar-refractivity contribution in [1.82, 2.24) is 0 Å². The van der Waals surface area contributed by atoms with Crippen LogP contribution in [0.5, 0.6) is 0 Å². The van der Waals surface area contributed by atoms with Gasteiger partial charge < -0.3 is 10.6 Å². The third-order valence-electron chi connectivity index (χ3n) is 4.50. The van der Waals surface area contributed by atoms with E-state index >= 15 is 0 Å². The van der Waals surface area contributed by atoms with E-state index in [9.17, 15) is 4.79 Å². The summed E-state index contributed by atoms with van der Waals surface area (Å²) in [6, 6.07) is 8.75. The highest BCUT2D eigenvalue weighted by molar-refractivity contribution is 5.93.